The third-order valence-electron chi connectivity index (χ3n) is 5.16. The average Bonchev–Trinajstić information content (AvgIpc) is 2.77. The maximum absolute atomic E-state index is 13.2. The van der Waals surface area contributed by atoms with Gasteiger partial charge in [0.2, 0.25) is 15.9 Å². The number of hydrogen-bond acceptors (Lipinski definition) is 7. The Balaban J connectivity index is 1.93. The highest BCUT2D eigenvalue weighted by molar-refractivity contribution is 7.89. The SMILES string of the molecule is CCc1c(N2CCOCC2=O)cccc1S(=O)(=O)N[C@@H](C(N)=O)C(=O)N1CCOCC1. The van der Waals surface area contributed by atoms with Gasteiger partial charge in [0.1, 0.15) is 6.61 Å². The molecule has 3 amide bonds. The van der Waals surface area contributed by atoms with Crippen molar-refractivity contribution < 1.29 is 32.3 Å². The molecular formula is C19H26N4O7S. The Morgan fingerprint density at radius 3 is 2.45 bits per heavy atom. The van der Waals surface area contributed by atoms with Gasteiger partial charge in [-0.1, -0.05) is 13.0 Å². The minimum Gasteiger partial charge on any atom is -0.378 e. The van der Waals surface area contributed by atoms with E-state index < -0.39 is 27.9 Å². The van der Waals surface area contributed by atoms with Crippen molar-refractivity contribution in [1.82, 2.24) is 9.62 Å². The van der Waals surface area contributed by atoms with Crippen LogP contribution >= 0.6 is 0 Å². The normalized spacial score (nSPS) is 18.7. The number of amides is 3. The molecule has 2 fully saturated rings. The number of benzene rings is 1. The number of nitrogens with two attached hydrogens (primary N) is 1. The second kappa shape index (κ2) is 9.73. The lowest BCUT2D eigenvalue weighted by Crippen LogP contribution is -2.56. The van der Waals surface area contributed by atoms with Gasteiger partial charge in [-0.15, -0.1) is 0 Å². The zero-order valence-electron chi connectivity index (χ0n) is 17.2. The van der Waals surface area contributed by atoms with Crippen LogP contribution in [-0.2, 0) is 40.3 Å². The van der Waals surface area contributed by atoms with Gasteiger partial charge < -0.3 is 25.0 Å². The van der Waals surface area contributed by atoms with E-state index in [1.54, 1.807) is 13.0 Å². The maximum atomic E-state index is 13.2. The molecule has 3 rings (SSSR count). The number of nitrogens with one attached hydrogen (secondary N) is 1. The van der Waals surface area contributed by atoms with Crippen LogP contribution in [0.15, 0.2) is 23.1 Å². The summed E-state index contributed by atoms with van der Waals surface area (Å²) in [4.78, 5) is 39.7. The molecular weight excluding hydrogens is 428 g/mol. The quantitative estimate of drug-likeness (QED) is 0.482. The second-order valence-electron chi connectivity index (χ2n) is 7.10. The molecule has 2 aliphatic rings. The van der Waals surface area contributed by atoms with Crippen LogP contribution in [0.3, 0.4) is 0 Å². The Labute approximate surface area is 180 Å². The Bertz CT molecular complexity index is 960. The number of rotatable bonds is 7. The minimum atomic E-state index is -4.31. The highest BCUT2D eigenvalue weighted by Gasteiger charge is 2.35. The number of morpholine rings is 2. The standard InChI is InChI=1S/C19H26N4O7S/c1-2-13-14(23-8-11-30-12-16(23)24)4-3-5-15(13)31(27,28)21-17(18(20)25)19(26)22-6-9-29-10-7-22/h3-5,17,21H,2,6-12H2,1H3,(H2,20,25)/t17-/m0/s1. The van der Waals surface area contributed by atoms with Gasteiger partial charge in [0, 0.05) is 25.3 Å². The van der Waals surface area contributed by atoms with Crippen molar-refractivity contribution in [2.75, 3.05) is 51.0 Å². The van der Waals surface area contributed by atoms with Crippen molar-refractivity contribution in [2.45, 2.75) is 24.3 Å². The molecule has 0 aliphatic carbocycles. The lowest BCUT2D eigenvalue weighted by Gasteiger charge is -2.30. The molecule has 3 N–H and O–H groups in total. The smallest absolute Gasteiger partial charge is 0.253 e. The van der Waals surface area contributed by atoms with E-state index >= 15 is 0 Å². The molecule has 1 aromatic rings. The number of hydrogen-bond donors (Lipinski definition) is 2. The van der Waals surface area contributed by atoms with Crippen LogP contribution in [0.2, 0.25) is 0 Å². The molecule has 2 heterocycles. The highest BCUT2D eigenvalue weighted by Crippen LogP contribution is 2.29. The Kier molecular flexibility index (Phi) is 7.26. The van der Waals surface area contributed by atoms with E-state index in [1.807, 2.05) is 0 Å². The predicted molar refractivity (Wildman–Crippen MR) is 110 cm³/mol. The summed E-state index contributed by atoms with van der Waals surface area (Å²) in [5, 5.41) is 0. The summed E-state index contributed by atoms with van der Waals surface area (Å²) in [5.74, 6) is -2.10. The summed E-state index contributed by atoms with van der Waals surface area (Å²) in [6.07, 6.45) is 0.301. The zero-order valence-corrected chi connectivity index (χ0v) is 18.0. The number of anilines is 1. The van der Waals surface area contributed by atoms with E-state index in [0.29, 0.717) is 44.0 Å². The molecule has 2 saturated heterocycles. The van der Waals surface area contributed by atoms with Crippen molar-refractivity contribution in [3.05, 3.63) is 23.8 Å². The molecule has 0 bridgehead atoms. The fraction of sp³-hybridized carbons (Fsp3) is 0.526. The van der Waals surface area contributed by atoms with Crippen molar-refractivity contribution >= 4 is 33.4 Å². The predicted octanol–water partition coefficient (Wildman–Crippen LogP) is -1.40. The van der Waals surface area contributed by atoms with E-state index in [4.69, 9.17) is 15.2 Å². The zero-order chi connectivity index (χ0) is 22.6. The Morgan fingerprint density at radius 2 is 1.84 bits per heavy atom. The molecule has 1 aromatic carbocycles. The van der Waals surface area contributed by atoms with Crippen molar-refractivity contribution in [2.24, 2.45) is 5.73 Å². The van der Waals surface area contributed by atoms with Crippen LogP contribution in [0.4, 0.5) is 5.69 Å². The molecule has 31 heavy (non-hydrogen) atoms. The van der Waals surface area contributed by atoms with Gasteiger partial charge in [-0.2, -0.15) is 4.72 Å². The van der Waals surface area contributed by atoms with E-state index in [2.05, 4.69) is 4.72 Å². The van der Waals surface area contributed by atoms with E-state index in [9.17, 15) is 22.8 Å². The van der Waals surface area contributed by atoms with E-state index in [1.165, 1.54) is 21.9 Å². The lowest BCUT2D eigenvalue weighted by atomic mass is 10.1. The summed E-state index contributed by atoms with van der Waals surface area (Å²) in [6.45, 7) is 3.35. The minimum absolute atomic E-state index is 0.0871. The van der Waals surface area contributed by atoms with Crippen LogP contribution in [0.5, 0.6) is 0 Å². The van der Waals surface area contributed by atoms with Crippen molar-refractivity contribution in [3.63, 3.8) is 0 Å². The van der Waals surface area contributed by atoms with Gasteiger partial charge >= 0.3 is 0 Å². The number of ether oxygens (including phenoxy) is 2. The first-order valence-electron chi connectivity index (χ1n) is 9.94. The van der Waals surface area contributed by atoms with Crippen molar-refractivity contribution in [1.29, 1.82) is 0 Å². The first kappa shape index (κ1) is 23.1. The van der Waals surface area contributed by atoms with Gasteiger partial charge in [0.05, 0.1) is 24.7 Å². The highest BCUT2D eigenvalue weighted by atomic mass is 32.2. The van der Waals surface area contributed by atoms with Crippen LogP contribution in [-0.4, -0.2) is 83.1 Å². The number of sulfonamides is 1. The van der Waals surface area contributed by atoms with Gasteiger partial charge in [0.25, 0.3) is 11.8 Å². The second-order valence-corrected chi connectivity index (χ2v) is 8.78. The molecule has 0 radical (unpaired) electrons. The van der Waals surface area contributed by atoms with Gasteiger partial charge in [-0.05, 0) is 24.1 Å². The Morgan fingerprint density at radius 1 is 1.16 bits per heavy atom. The number of nitrogens with zero attached hydrogens (tertiary/aromatic N) is 2. The van der Waals surface area contributed by atoms with E-state index in [-0.39, 0.29) is 30.5 Å². The summed E-state index contributed by atoms with van der Waals surface area (Å²) >= 11 is 0. The molecule has 1 atom stereocenters. The first-order chi connectivity index (χ1) is 14.8. The number of carbonyl (C=O) groups excluding carboxylic acids is 3. The largest absolute Gasteiger partial charge is 0.378 e. The number of primary amides is 1. The molecule has 0 unspecified atom stereocenters. The third-order valence-corrected chi connectivity index (χ3v) is 6.66. The monoisotopic (exact) mass is 454 g/mol. The molecule has 2 aliphatic heterocycles. The fourth-order valence-electron chi connectivity index (χ4n) is 3.60. The maximum Gasteiger partial charge on any atom is 0.253 e. The molecule has 0 saturated carbocycles. The van der Waals surface area contributed by atoms with Crippen LogP contribution in [0, 0.1) is 0 Å². The molecule has 0 aromatic heterocycles. The molecule has 11 nitrogen and oxygen atoms in total. The topological polar surface area (TPSA) is 148 Å². The van der Waals surface area contributed by atoms with Crippen LogP contribution in [0.1, 0.15) is 12.5 Å². The van der Waals surface area contributed by atoms with Gasteiger partial charge in [-0.25, -0.2) is 8.42 Å². The summed E-state index contributed by atoms with van der Waals surface area (Å²) in [7, 11) is -4.31. The van der Waals surface area contributed by atoms with Crippen LogP contribution < -0.4 is 15.4 Å². The lowest BCUT2D eigenvalue weighted by molar-refractivity contribution is -0.140. The average molecular weight is 455 g/mol. The third kappa shape index (κ3) is 5.03. The van der Waals surface area contributed by atoms with Gasteiger partial charge in [-0.3, -0.25) is 14.4 Å². The summed E-state index contributed by atoms with van der Waals surface area (Å²) in [5.41, 5.74) is 6.20. The van der Waals surface area contributed by atoms with Crippen LogP contribution in [0.25, 0.3) is 0 Å². The molecule has 12 heteroatoms. The summed E-state index contributed by atoms with van der Waals surface area (Å²) in [6, 6.07) is 2.79. The summed E-state index contributed by atoms with van der Waals surface area (Å²) < 4.78 is 38.9. The first-order valence-corrected chi connectivity index (χ1v) is 11.4. The van der Waals surface area contributed by atoms with E-state index in [0.717, 1.165) is 0 Å². The molecule has 0 spiro atoms. The Hall–Kier alpha value is -2.54. The number of carbonyl (C=O) groups is 3. The molecule has 170 valence electrons. The van der Waals surface area contributed by atoms with Gasteiger partial charge in [0.15, 0.2) is 6.04 Å². The van der Waals surface area contributed by atoms with Crippen molar-refractivity contribution in [3.8, 4) is 0 Å². The fourth-order valence-corrected chi connectivity index (χ4v) is 5.09.